The Morgan fingerprint density at radius 2 is 2.12 bits per heavy atom. The summed E-state index contributed by atoms with van der Waals surface area (Å²) in [5.41, 5.74) is 5.36. The van der Waals surface area contributed by atoms with Crippen LogP contribution in [0.25, 0.3) is 0 Å². The first kappa shape index (κ1) is 7.92. The highest BCUT2D eigenvalue weighted by atomic mass is 16.5. The summed E-state index contributed by atoms with van der Waals surface area (Å²) in [6.45, 7) is 8.43. The van der Waals surface area contributed by atoms with Gasteiger partial charge in [0.05, 0.1) is 6.61 Å². The molecular weight excluding hydrogens is 102 g/mol. The van der Waals surface area contributed by atoms with Crippen LogP contribution < -0.4 is 5.73 Å². The predicted molar refractivity (Wildman–Crippen MR) is 34.4 cm³/mol. The molecule has 0 rings (SSSR count). The first-order valence-electron chi connectivity index (χ1n) is 2.72. The summed E-state index contributed by atoms with van der Waals surface area (Å²) in [6.07, 6.45) is 0. The van der Waals surface area contributed by atoms with E-state index in [0.717, 1.165) is 0 Å². The first-order valence-corrected chi connectivity index (χ1v) is 2.72. The lowest BCUT2D eigenvalue weighted by Crippen LogP contribution is -2.37. The maximum absolute atomic E-state index is 5.57. The summed E-state index contributed by atoms with van der Waals surface area (Å²) in [5, 5.41) is 0. The lowest BCUT2D eigenvalue weighted by molar-refractivity contribution is 0.119. The molecule has 0 unspecified atom stereocenters. The third kappa shape index (κ3) is 5.92. The van der Waals surface area contributed by atoms with E-state index in [1.54, 1.807) is 0 Å². The van der Waals surface area contributed by atoms with Crippen LogP contribution in [0.4, 0.5) is 0 Å². The molecule has 0 aromatic rings. The highest BCUT2D eigenvalue weighted by Gasteiger charge is 2.08. The molecule has 2 heteroatoms. The topological polar surface area (TPSA) is 35.2 Å². The molecule has 0 aromatic heterocycles. The average molecular weight is 116 g/mol. The minimum atomic E-state index is -0.211. The van der Waals surface area contributed by atoms with E-state index < -0.39 is 0 Å². The van der Waals surface area contributed by atoms with Gasteiger partial charge in [-0.2, -0.15) is 0 Å². The molecule has 2 nitrogen and oxygen atoms in total. The van der Waals surface area contributed by atoms with Crippen LogP contribution in [0.15, 0.2) is 0 Å². The van der Waals surface area contributed by atoms with E-state index in [0.29, 0.717) is 13.2 Å². The monoisotopic (exact) mass is 116 g/mol. The fourth-order valence-corrected chi connectivity index (χ4v) is 0.335. The van der Waals surface area contributed by atoms with Crippen molar-refractivity contribution in [3.8, 4) is 0 Å². The Labute approximate surface area is 51.0 Å². The van der Waals surface area contributed by atoms with Gasteiger partial charge in [-0.15, -0.1) is 0 Å². The number of rotatable bonds is 3. The van der Waals surface area contributed by atoms with Crippen molar-refractivity contribution in [2.45, 2.75) is 19.4 Å². The van der Waals surface area contributed by atoms with E-state index in [2.05, 4.69) is 6.92 Å². The van der Waals surface area contributed by atoms with E-state index in [4.69, 9.17) is 10.5 Å². The smallest absolute Gasteiger partial charge is 0.0640 e. The second-order valence-corrected chi connectivity index (χ2v) is 2.54. The van der Waals surface area contributed by atoms with Crippen LogP contribution in [0.5, 0.6) is 0 Å². The lowest BCUT2D eigenvalue weighted by atomic mass is 10.1. The predicted octanol–water partition coefficient (Wildman–Crippen LogP) is 0.574. The number of ether oxygens (including phenoxy) is 1. The van der Waals surface area contributed by atoms with Gasteiger partial charge in [0.15, 0.2) is 0 Å². The SMILES string of the molecule is [CH2]COCC(C)(C)N. The van der Waals surface area contributed by atoms with Gasteiger partial charge in [0.2, 0.25) is 0 Å². The molecule has 8 heavy (non-hydrogen) atoms. The molecule has 0 atom stereocenters. The van der Waals surface area contributed by atoms with Crippen LogP contribution >= 0.6 is 0 Å². The zero-order valence-corrected chi connectivity index (χ0v) is 5.61. The summed E-state index contributed by atoms with van der Waals surface area (Å²) in [6, 6.07) is 0. The Morgan fingerprint density at radius 1 is 1.62 bits per heavy atom. The van der Waals surface area contributed by atoms with E-state index in [9.17, 15) is 0 Å². The average Bonchev–Trinajstić information content (AvgIpc) is 1.59. The summed E-state index contributed by atoms with van der Waals surface area (Å²) < 4.78 is 4.96. The van der Waals surface area contributed by atoms with Crippen LogP contribution in [-0.2, 0) is 4.74 Å². The van der Waals surface area contributed by atoms with Gasteiger partial charge in [-0.1, -0.05) is 0 Å². The van der Waals surface area contributed by atoms with Crippen molar-refractivity contribution in [1.82, 2.24) is 0 Å². The van der Waals surface area contributed by atoms with Crippen molar-refractivity contribution < 1.29 is 4.74 Å². The van der Waals surface area contributed by atoms with Gasteiger partial charge in [0.25, 0.3) is 0 Å². The van der Waals surface area contributed by atoms with Gasteiger partial charge in [0.1, 0.15) is 0 Å². The molecule has 0 spiro atoms. The van der Waals surface area contributed by atoms with Gasteiger partial charge in [-0.3, -0.25) is 0 Å². The van der Waals surface area contributed by atoms with E-state index >= 15 is 0 Å². The molecule has 0 aliphatic rings. The van der Waals surface area contributed by atoms with Gasteiger partial charge >= 0.3 is 0 Å². The van der Waals surface area contributed by atoms with Crippen LogP contribution in [0.2, 0.25) is 0 Å². The van der Waals surface area contributed by atoms with E-state index in [1.165, 1.54) is 0 Å². The largest absolute Gasteiger partial charge is 0.380 e. The molecule has 2 N–H and O–H groups in total. The molecule has 1 radical (unpaired) electrons. The molecule has 0 saturated heterocycles. The molecule has 0 saturated carbocycles. The van der Waals surface area contributed by atoms with Crippen molar-refractivity contribution >= 4 is 0 Å². The van der Waals surface area contributed by atoms with Crippen LogP contribution in [0, 0.1) is 6.92 Å². The van der Waals surface area contributed by atoms with E-state index in [-0.39, 0.29) is 5.54 Å². The van der Waals surface area contributed by atoms with Gasteiger partial charge in [-0.05, 0) is 20.8 Å². The zero-order chi connectivity index (χ0) is 6.62. The second kappa shape index (κ2) is 3.05. The van der Waals surface area contributed by atoms with Gasteiger partial charge in [-0.25, -0.2) is 0 Å². The molecular formula is C6H14NO. The molecule has 0 fully saturated rings. The third-order valence-corrected chi connectivity index (χ3v) is 0.618. The summed E-state index contributed by atoms with van der Waals surface area (Å²) in [5.74, 6) is 0. The van der Waals surface area contributed by atoms with Gasteiger partial charge in [0, 0.05) is 12.1 Å². The number of hydrogen-bond donors (Lipinski definition) is 1. The lowest BCUT2D eigenvalue weighted by Gasteiger charge is -2.16. The van der Waals surface area contributed by atoms with Gasteiger partial charge < -0.3 is 10.5 Å². The maximum Gasteiger partial charge on any atom is 0.0640 e. The van der Waals surface area contributed by atoms with Crippen LogP contribution in [0.3, 0.4) is 0 Å². The Bertz CT molecular complexity index is 56.0. The normalized spacial score (nSPS) is 12.0. The van der Waals surface area contributed by atoms with Crippen molar-refractivity contribution in [3.63, 3.8) is 0 Å². The Kier molecular flexibility index (Phi) is 3.02. The fraction of sp³-hybridized carbons (Fsp3) is 0.833. The Hall–Kier alpha value is -0.0800. The van der Waals surface area contributed by atoms with E-state index in [1.807, 2.05) is 13.8 Å². The highest BCUT2D eigenvalue weighted by Crippen LogP contribution is 1.95. The minimum Gasteiger partial charge on any atom is -0.380 e. The molecule has 0 aliphatic carbocycles. The summed E-state index contributed by atoms with van der Waals surface area (Å²) in [4.78, 5) is 0. The van der Waals surface area contributed by atoms with Crippen molar-refractivity contribution in [2.75, 3.05) is 13.2 Å². The fourth-order valence-electron chi connectivity index (χ4n) is 0.335. The molecule has 0 aromatic carbocycles. The van der Waals surface area contributed by atoms with Crippen LogP contribution in [-0.4, -0.2) is 18.8 Å². The molecule has 0 aliphatic heterocycles. The van der Waals surface area contributed by atoms with Crippen LogP contribution in [0.1, 0.15) is 13.8 Å². The maximum atomic E-state index is 5.57. The number of hydrogen-bond acceptors (Lipinski definition) is 2. The van der Waals surface area contributed by atoms with Crippen molar-refractivity contribution in [2.24, 2.45) is 5.73 Å². The Balaban J connectivity index is 3.11. The summed E-state index contributed by atoms with van der Waals surface area (Å²) in [7, 11) is 0. The first-order chi connectivity index (χ1) is 3.56. The molecule has 0 heterocycles. The van der Waals surface area contributed by atoms with Crippen molar-refractivity contribution in [3.05, 3.63) is 6.92 Å². The second-order valence-electron chi connectivity index (χ2n) is 2.54. The quantitative estimate of drug-likeness (QED) is 0.585. The Morgan fingerprint density at radius 3 is 2.25 bits per heavy atom. The molecule has 49 valence electrons. The molecule has 0 bridgehead atoms. The minimum absolute atomic E-state index is 0.211. The van der Waals surface area contributed by atoms with Crippen molar-refractivity contribution in [1.29, 1.82) is 0 Å². The standard InChI is InChI=1S/C6H14NO/c1-4-8-5-6(2,3)7/h1,4-5,7H2,2-3H3. The highest BCUT2D eigenvalue weighted by molar-refractivity contribution is 4.69. The zero-order valence-electron chi connectivity index (χ0n) is 5.61. The number of nitrogens with two attached hydrogens (primary N) is 1. The summed E-state index contributed by atoms with van der Waals surface area (Å²) >= 11 is 0. The molecule has 0 amide bonds. The third-order valence-electron chi connectivity index (χ3n) is 0.618.